The van der Waals surface area contributed by atoms with Gasteiger partial charge in [0.1, 0.15) is 6.04 Å². The fourth-order valence-electron chi connectivity index (χ4n) is 3.69. The van der Waals surface area contributed by atoms with E-state index in [1.165, 1.54) is 33.5 Å². The molecule has 2 N–H and O–H groups in total. The van der Waals surface area contributed by atoms with Crippen molar-refractivity contribution < 1.29 is 22.8 Å². The summed E-state index contributed by atoms with van der Waals surface area (Å²) >= 11 is 5.83. The van der Waals surface area contributed by atoms with Gasteiger partial charge in [-0.05, 0) is 36.4 Å². The van der Waals surface area contributed by atoms with Crippen LogP contribution in [0.5, 0.6) is 0 Å². The molecular weight excluding hydrogens is 456 g/mol. The van der Waals surface area contributed by atoms with Crippen LogP contribution in [-0.4, -0.2) is 67.6 Å². The van der Waals surface area contributed by atoms with Gasteiger partial charge in [-0.2, -0.15) is 4.31 Å². The number of amides is 3. The van der Waals surface area contributed by atoms with Crippen LogP contribution in [0.2, 0.25) is 5.02 Å². The Morgan fingerprint density at radius 1 is 1.00 bits per heavy atom. The van der Waals surface area contributed by atoms with Crippen molar-refractivity contribution in [3.05, 3.63) is 59.1 Å². The average Bonchev–Trinajstić information content (AvgIpc) is 2.90. The number of carbonyl (C=O) groups is 3. The minimum Gasteiger partial charge on any atom is -0.340 e. The van der Waals surface area contributed by atoms with Gasteiger partial charge in [-0.1, -0.05) is 23.7 Å². The van der Waals surface area contributed by atoms with Gasteiger partial charge in [-0.3, -0.25) is 14.4 Å². The first kappa shape index (κ1) is 22.3. The number of halogens is 1. The quantitative estimate of drug-likeness (QED) is 0.690. The Balaban J connectivity index is 1.37. The standard InChI is InChI=1S/C21H21ClN4O5S/c22-14-5-7-15(8-6-14)32(30,31)26-11-9-25(10-12-26)19(27)13-18-21(29)23-17-4-2-1-3-16(17)20(28)24-18/h1-8,18H,9-13H2,(H,23,29)(H,24,28)/t18-/m1/s1. The van der Waals surface area contributed by atoms with Gasteiger partial charge in [0.15, 0.2) is 0 Å². The highest BCUT2D eigenvalue weighted by Gasteiger charge is 2.34. The number of nitrogens with one attached hydrogen (secondary N) is 2. The summed E-state index contributed by atoms with van der Waals surface area (Å²) in [6.07, 6.45) is -0.213. The van der Waals surface area contributed by atoms with E-state index in [4.69, 9.17) is 11.6 Å². The van der Waals surface area contributed by atoms with Crippen LogP contribution in [0.4, 0.5) is 5.69 Å². The molecule has 0 saturated carbocycles. The Morgan fingerprint density at radius 2 is 1.66 bits per heavy atom. The number of piperazine rings is 1. The van der Waals surface area contributed by atoms with Crippen LogP contribution in [0.1, 0.15) is 16.8 Å². The minimum atomic E-state index is -3.69. The molecule has 2 aromatic rings. The molecule has 2 aliphatic rings. The number of hydrogen-bond acceptors (Lipinski definition) is 5. The van der Waals surface area contributed by atoms with Gasteiger partial charge in [0.2, 0.25) is 21.8 Å². The maximum atomic E-state index is 12.8. The van der Waals surface area contributed by atoms with Crippen LogP contribution in [0.3, 0.4) is 0 Å². The third-order valence-electron chi connectivity index (χ3n) is 5.47. The zero-order valence-corrected chi connectivity index (χ0v) is 18.5. The first-order valence-electron chi connectivity index (χ1n) is 10.00. The van der Waals surface area contributed by atoms with Crippen LogP contribution in [0.25, 0.3) is 0 Å². The number of anilines is 1. The molecule has 3 amide bonds. The topological polar surface area (TPSA) is 116 Å². The van der Waals surface area contributed by atoms with Crippen LogP contribution < -0.4 is 10.6 Å². The maximum absolute atomic E-state index is 12.8. The molecule has 2 aromatic carbocycles. The van der Waals surface area contributed by atoms with E-state index >= 15 is 0 Å². The van der Waals surface area contributed by atoms with E-state index in [0.29, 0.717) is 16.3 Å². The average molecular weight is 477 g/mol. The highest BCUT2D eigenvalue weighted by Crippen LogP contribution is 2.21. The molecule has 9 nitrogen and oxygen atoms in total. The lowest BCUT2D eigenvalue weighted by Gasteiger charge is -2.34. The van der Waals surface area contributed by atoms with E-state index < -0.39 is 27.9 Å². The van der Waals surface area contributed by atoms with Gasteiger partial charge < -0.3 is 15.5 Å². The van der Waals surface area contributed by atoms with E-state index in [9.17, 15) is 22.8 Å². The number of benzene rings is 2. The third kappa shape index (κ3) is 4.47. The van der Waals surface area contributed by atoms with Crippen molar-refractivity contribution >= 4 is 45.0 Å². The molecule has 0 radical (unpaired) electrons. The lowest BCUT2D eigenvalue weighted by atomic mass is 10.1. The summed E-state index contributed by atoms with van der Waals surface area (Å²) in [5.41, 5.74) is 0.725. The lowest BCUT2D eigenvalue weighted by Crippen LogP contribution is -2.52. The summed E-state index contributed by atoms with van der Waals surface area (Å²) in [7, 11) is -3.69. The molecule has 2 heterocycles. The molecule has 1 saturated heterocycles. The first-order chi connectivity index (χ1) is 15.3. The molecule has 1 atom stereocenters. The van der Waals surface area contributed by atoms with E-state index in [1.54, 1.807) is 24.3 Å². The number of nitrogens with zero attached hydrogens (tertiary/aromatic N) is 2. The minimum absolute atomic E-state index is 0.130. The summed E-state index contributed by atoms with van der Waals surface area (Å²) < 4.78 is 26.9. The molecule has 1 fully saturated rings. The van der Waals surface area contributed by atoms with Gasteiger partial charge in [0.05, 0.1) is 22.6 Å². The summed E-state index contributed by atoms with van der Waals surface area (Å²) in [6, 6.07) is 11.5. The van der Waals surface area contributed by atoms with Gasteiger partial charge in [0.25, 0.3) is 5.91 Å². The van der Waals surface area contributed by atoms with E-state index in [1.807, 2.05) is 0 Å². The molecule has 168 valence electrons. The van der Waals surface area contributed by atoms with Crippen LogP contribution >= 0.6 is 11.6 Å². The second-order valence-electron chi connectivity index (χ2n) is 7.50. The SMILES string of the molecule is O=C1N[C@H](CC(=O)N2CCN(S(=O)(=O)c3ccc(Cl)cc3)CC2)C(=O)Nc2ccccc21. The zero-order chi connectivity index (χ0) is 22.9. The predicted molar refractivity (Wildman–Crippen MR) is 118 cm³/mol. The van der Waals surface area contributed by atoms with Crippen molar-refractivity contribution in [2.24, 2.45) is 0 Å². The Morgan fingerprint density at radius 3 is 2.34 bits per heavy atom. The second kappa shape index (κ2) is 8.89. The number of sulfonamides is 1. The molecule has 4 rings (SSSR count). The van der Waals surface area contributed by atoms with E-state index in [0.717, 1.165) is 0 Å². The van der Waals surface area contributed by atoms with E-state index in [2.05, 4.69) is 10.6 Å². The fourth-order valence-corrected chi connectivity index (χ4v) is 5.24. The number of para-hydroxylation sites is 1. The van der Waals surface area contributed by atoms with Crippen LogP contribution in [0, 0.1) is 0 Å². The number of hydrogen-bond donors (Lipinski definition) is 2. The molecule has 11 heteroatoms. The number of carbonyl (C=O) groups excluding carboxylic acids is 3. The van der Waals surface area contributed by atoms with Gasteiger partial charge in [-0.15, -0.1) is 0 Å². The number of fused-ring (bicyclic) bond motifs is 1. The Hall–Kier alpha value is -2.95. The molecule has 0 aliphatic carbocycles. The van der Waals surface area contributed by atoms with Crippen molar-refractivity contribution in [3.8, 4) is 0 Å². The Labute approximate surface area is 190 Å². The fraction of sp³-hybridized carbons (Fsp3) is 0.286. The van der Waals surface area contributed by atoms with E-state index in [-0.39, 0.29) is 43.4 Å². The predicted octanol–water partition coefficient (Wildman–Crippen LogP) is 1.31. The van der Waals surface area contributed by atoms with Crippen molar-refractivity contribution in [3.63, 3.8) is 0 Å². The molecule has 0 aromatic heterocycles. The lowest BCUT2D eigenvalue weighted by molar-refractivity contribution is -0.134. The van der Waals surface area contributed by atoms with Gasteiger partial charge in [0, 0.05) is 31.2 Å². The molecule has 0 bridgehead atoms. The zero-order valence-electron chi connectivity index (χ0n) is 17.0. The monoisotopic (exact) mass is 476 g/mol. The molecule has 2 aliphatic heterocycles. The summed E-state index contributed by atoms with van der Waals surface area (Å²) in [5.74, 6) is -1.24. The molecule has 0 unspecified atom stereocenters. The van der Waals surface area contributed by atoms with Gasteiger partial charge in [-0.25, -0.2) is 8.42 Å². The van der Waals surface area contributed by atoms with Crippen LogP contribution in [0.15, 0.2) is 53.4 Å². The Bertz CT molecular complexity index is 1160. The number of rotatable bonds is 4. The summed E-state index contributed by atoms with van der Waals surface area (Å²) in [5, 5.41) is 5.71. The molecule has 32 heavy (non-hydrogen) atoms. The second-order valence-corrected chi connectivity index (χ2v) is 9.88. The summed E-state index contributed by atoms with van der Waals surface area (Å²) in [6.45, 7) is 0.638. The largest absolute Gasteiger partial charge is 0.340 e. The first-order valence-corrected chi connectivity index (χ1v) is 11.8. The third-order valence-corrected chi connectivity index (χ3v) is 7.64. The normalized spacial score (nSPS) is 19.5. The van der Waals surface area contributed by atoms with Crippen LogP contribution in [-0.2, 0) is 19.6 Å². The maximum Gasteiger partial charge on any atom is 0.254 e. The molecular formula is C21H21ClN4O5S. The van der Waals surface area contributed by atoms with Crippen molar-refractivity contribution in [2.45, 2.75) is 17.4 Å². The van der Waals surface area contributed by atoms with Gasteiger partial charge >= 0.3 is 0 Å². The molecule has 0 spiro atoms. The highest BCUT2D eigenvalue weighted by molar-refractivity contribution is 7.89. The highest BCUT2D eigenvalue weighted by atomic mass is 35.5. The Kier molecular flexibility index (Phi) is 6.18. The van der Waals surface area contributed by atoms with Crippen molar-refractivity contribution in [1.29, 1.82) is 0 Å². The summed E-state index contributed by atoms with van der Waals surface area (Å²) in [4.78, 5) is 39.4. The van der Waals surface area contributed by atoms with Crippen molar-refractivity contribution in [1.82, 2.24) is 14.5 Å². The smallest absolute Gasteiger partial charge is 0.254 e. The van der Waals surface area contributed by atoms with Crippen molar-refractivity contribution in [2.75, 3.05) is 31.5 Å².